The van der Waals surface area contributed by atoms with Crippen LogP contribution in [0.15, 0.2) is 35.7 Å². The fourth-order valence-corrected chi connectivity index (χ4v) is 2.50. The average Bonchev–Trinajstić information content (AvgIpc) is 2.73. The van der Waals surface area contributed by atoms with E-state index in [9.17, 15) is 18.0 Å². The lowest BCUT2D eigenvalue weighted by molar-refractivity contribution is -0.137. The van der Waals surface area contributed by atoms with Gasteiger partial charge in [-0.2, -0.15) is 13.2 Å². The number of rotatable bonds is 2. The van der Waals surface area contributed by atoms with Gasteiger partial charge in [-0.3, -0.25) is 4.79 Å². The van der Waals surface area contributed by atoms with E-state index in [1.54, 1.807) is 11.4 Å². The number of hydrogen-bond acceptors (Lipinski definition) is 2. The van der Waals surface area contributed by atoms with Gasteiger partial charge in [-0.05, 0) is 23.6 Å². The Kier molecular flexibility index (Phi) is 3.45. The summed E-state index contributed by atoms with van der Waals surface area (Å²) in [5.41, 5.74) is -0.594. The third-order valence-corrected chi connectivity index (χ3v) is 3.64. The molecule has 0 bridgehead atoms. The summed E-state index contributed by atoms with van der Waals surface area (Å²) in [6.45, 7) is 0. The van der Waals surface area contributed by atoms with Gasteiger partial charge in [-0.25, -0.2) is 0 Å². The molecule has 2 aromatic rings. The topological polar surface area (TPSA) is 17.1 Å². The smallest absolute Gasteiger partial charge is 0.288 e. The normalized spacial score (nSPS) is 11.6. The van der Waals surface area contributed by atoms with Crippen molar-refractivity contribution >= 4 is 28.7 Å². The number of benzene rings is 1. The van der Waals surface area contributed by atoms with Crippen molar-refractivity contribution < 1.29 is 18.0 Å². The van der Waals surface area contributed by atoms with Gasteiger partial charge in [0.25, 0.3) is 0 Å². The molecule has 0 saturated heterocycles. The van der Waals surface area contributed by atoms with E-state index >= 15 is 0 Å². The maximum atomic E-state index is 12.4. The van der Waals surface area contributed by atoms with E-state index in [4.69, 9.17) is 11.6 Å². The predicted octanol–water partition coefficient (Wildman–Crippen LogP) is 4.65. The molecule has 0 aliphatic heterocycles. The summed E-state index contributed by atoms with van der Waals surface area (Å²) in [7, 11) is 0. The van der Waals surface area contributed by atoms with Gasteiger partial charge in [0.15, 0.2) is 0 Å². The highest BCUT2D eigenvalue weighted by Gasteiger charge is 2.30. The van der Waals surface area contributed by atoms with Crippen molar-refractivity contribution in [1.82, 2.24) is 0 Å². The number of thiophene rings is 1. The molecule has 0 N–H and O–H groups in total. The second-order valence-corrected chi connectivity index (χ2v) is 4.83. The molecule has 1 heterocycles. The molecule has 0 unspecified atom stereocenters. The Morgan fingerprint density at radius 1 is 1.11 bits per heavy atom. The highest BCUT2D eigenvalue weighted by atomic mass is 35.5. The molecule has 94 valence electrons. The summed E-state index contributed by atoms with van der Waals surface area (Å²) in [4.78, 5) is 12.3. The van der Waals surface area contributed by atoms with Gasteiger partial charge in [0.2, 0.25) is 5.78 Å². The predicted molar refractivity (Wildman–Crippen MR) is 64.2 cm³/mol. The fraction of sp³-hybridized carbons (Fsp3) is 0.0833. The fourth-order valence-electron chi connectivity index (χ4n) is 1.40. The van der Waals surface area contributed by atoms with Crippen LogP contribution < -0.4 is 0 Å². The molecule has 0 amide bonds. The van der Waals surface area contributed by atoms with E-state index in [-0.39, 0.29) is 11.3 Å². The van der Waals surface area contributed by atoms with Crippen LogP contribution in [0.2, 0.25) is 5.02 Å². The molecule has 0 fully saturated rings. The largest absolute Gasteiger partial charge is 0.416 e. The van der Waals surface area contributed by atoms with Gasteiger partial charge in [-0.1, -0.05) is 23.7 Å². The van der Waals surface area contributed by atoms with Crippen molar-refractivity contribution in [2.24, 2.45) is 0 Å². The summed E-state index contributed by atoms with van der Waals surface area (Å²) in [5, 5.41) is 1.96. The Balaban J connectivity index is 2.31. The molecule has 6 heteroatoms. The number of carbonyl (C=O) groups excluding carboxylic acids is 1. The highest BCUT2D eigenvalue weighted by molar-refractivity contribution is 7.13. The van der Waals surface area contributed by atoms with Gasteiger partial charge < -0.3 is 0 Å². The molecule has 1 aromatic heterocycles. The molecule has 0 spiro atoms. The van der Waals surface area contributed by atoms with E-state index in [0.29, 0.717) is 9.90 Å². The van der Waals surface area contributed by atoms with Crippen molar-refractivity contribution in [3.05, 3.63) is 56.7 Å². The van der Waals surface area contributed by atoms with Crippen LogP contribution >= 0.6 is 22.9 Å². The first-order valence-electron chi connectivity index (χ1n) is 4.84. The van der Waals surface area contributed by atoms with Crippen molar-refractivity contribution in [1.29, 1.82) is 0 Å². The first-order chi connectivity index (χ1) is 8.39. The van der Waals surface area contributed by atoms with E-state index < -0.39 is 11.7 Å². The Hall–Kier alpha value is -1.33. The third-order valence-electron chi connectivity index (χ3n) is 2.30. The Morgan fingerprint density at radius 3 is 2.17 bits per heavy atom. The lowest BCUT2D eigenvalue weighted by Crippen LogP contribution is -2.06. The molecule has 0 radical (unpaired) electrons. The molecule has 0 saturated carbocycles. The van der Waals surface area contributed by atoms with Crippen LogP contribution in [0.4, 0.5) is 13.2 Å². The minimum Gasteiger partial charge on any atom is -0.288 e. The van der Waals surface area contributed by atoms with E-state index in [1.807, 2.05) is 0 Å². The molecular formula is C12H6ClF3OS. The Morgan fingerprint density at radius 2 is 1.72 bits per heavy atom. The van der Waals surface area contributed by atoms with Gasteiger partial charge in [0, 0.05) is 5.56 Å². The van der Waals surface area contributed by atoms with Gasteiger partial charge in [0.1, 0.15) is 0 Å². The quantitative estimate of drug-likeness (QED) is 0.736. The lowest BCUT2D eigenvalue weighted by Gasteiger charge is -2.06. The number of ketones is 1. The van der Waals surface area contributed by atoms with E-state index in [1.165, 1.54) is 0 Å². The van der Waals surface area contributed by atoms with Crippen LogP contribution in [-0.2, 0) is 6.18 Å². The monoisotopic (exact) mass is 290 g/mol. The maximum absolute atomic E-state index is 12.4. The molecule has 0 aliphatic carbocycles. The van der Waals surface area contributed by atoms with Crippen molar-refractivity contribution in [2.75, 3.05) is 0 Å². The van der Waals surface area contributed by atoms with E-state index in [2.05, 4.69) is 0 Å². The molecule has 1 nitrogen and oxygen atoms in total. The second-order valence-electron chi connectivity index (χ2n) is 3.50. The van der Waals surface area contributed by atoms with Crippen LogP contribution in [0.25, 0.3) is 0 Å². The molecule has 0 aliphatic rings. The Labute approximate surface area is 110 Å². The zero-order valence-electron chi connectivity index (χ0n) is 8.79. The third kappa shape index (κ3) is 2.57. The highest BCUT2D eigenvalue weighted by Crippen LogP contribution is 2.30. The lowest BCUT2D eigenvalue weighted by atomic mass is 10.1. The van der Waals surface area contributed by atoms with Crippen molar-refractivity contribution in [2.45, 2.75) is 6.18 Å². The first-order valence-corrected chi connectivity index (χ1v) is 6.10. The first kappa shape index (κ1) is 13.1. The van der Waals surface area contributed by atoms with Crippen LogP contribution in [0.5, 0.6) is 0 Å². The van der Waals surface area contributed by atoms with Crippen molar-refractivity contribution in [3.63, 3.8) is 0 Å². The van der Waals surface area contributed by atoms with Crippen molar-refractivity contribution in [3.8, 4) is 0 Å². The molecule has 18 heavy (non-hydrogen) atoms. The zero-order chi connectivity index (χ0) is 13.3. The van der Waals surface area contributed by atoms with Crippen LogP contribution in [0.1, 0.15) is 20.8 Å². The number of halogens is 4. The van der Waals surface area contributed by atoms with Crippen LogP contribution in [0, 0.1) is 0 Å². The average molecular weight is 291 g/mol. The molecule has 0 atom stereocenters. The van der Waals surface area contributed by atoms with Crippen LogP contribution in [-0.4, -0.2) is 5.78 Å². The second kappa shape index (κ2) is 4.74. The van der Waals surface area contributed by atoms with Crippen LogP contribution in [0.3, 0.4) is 0 Å². The number of carbonyl (C=O) groups is 1. The van der Waals surface area contributed by atoms with Gasteiger partial charge >= 0.3 is 6.18 Å². The van der Waals surface area contributed by atoms with E-state index in [0.717, 1.165) is 35.6 Å². The molecule has 1 aromatic carbocycles. The summed E-state index contributed by atoms with van der Waals surface area (Å²) in [6, 6.07) is 5.65. The number of hydrogen-bond donors (Lipinski definition) is 0. The Bertz CT molecular complexity index is 572. The summed E-state index contributed by atoms with van der Waals surface area (Å²) < 4.78 is 37.1. The van der Waals surface area contributed by atoms with Gasteiger partial charge in [-0.15, -0.1) is 11.3 Å². The number of alkyl halides is 3. The molecule has 2 rings (SSSR count). The SMILES string of the molecule is O=C(c1ccc(C(F)(F)F)cc1)c1sccc1Cl. The summed E-state index contributed by atoms with van der Waals surface area (Å²) in [5.74, 6) is -0.372. The zero-order valence-corrected chi connectivity index (χ0v) is 10.4. The van der Waals surface area contributed by atoms with Gasteiger partial charge in [0.05, 0.1) is 15.5 Å². The summed E-state index contributed by atoms with van der Waals surface area (Å²) >= 11 is 6.96. The standard InChI is InChI=1S/C12H6ClF3OS/c13-9-5-6-18-11(9)10(17)7-1-3-8(4-2-7)12(14,15)16/h1-6H. The maximum Gasteiger partial charge on any atom is 0.416 e. The minimum absolute atomic E-state index is 0.187. The molecular weight excluding hydrogens is 285 g/mol. The minimum atomic E-state index is -4.40. The summed E-state index contributed by atoms with van der Waals surface area (Å²) in [6.07, 6.45) is -4.40.